The Bertz CT molecular complexity index is 2530. The summed E-state index contributed by atoms with van der Waals surface area (Å²) in [4.78, 5) is 72.2. The van der Waals surface area contributed by atoms with Gasteiger partial charge in [-0.1, -0.05) is 12.1 Å². The first-order valence-corrected chi connectivity index (χ1v) is 24.4. The fourth-order valence-corrected chi connectivity index (χ4v) is 11.2. The highest BCUT2D eigenvalue weighted by Crippen LogP contribution is 2.39. The van der Waals surface area contributed by atoms with E-state index in [0.29, 0.717) is 86.7 Å². The zero-order valence-corrected chi connectivity index (χ0v) is 39.6. The van der Waals surface area contributed by atoms with Crippen LogP contribution in [-0.2, 0) is 39.1 Å². The third-order valence-electron chi connectivity index (χ3n) is 15.0. The minimum absolute atomic E-state index is 0.0504. The number of halogens is 2. The first-order chi connectivity index (χ1) is 32.8. The molecule has 2 unspecified atom stereocenters. The number of imide groups is 1. The minimum atomic E-state index is -2.76. The lowest BCUT2D eigenvalue weighted by Gasteiger charge is -2.42. The number of aryl methyl sites for hydroxylation is 3. The van der Waals surface area contributed by atoms with Crippen molar-refractivity contribution in [3.8, 4) is 0 Å². The van der Waals surface area contributed by atoms with Crippen LogP contribution in [0, 0.1) is 11.3 Å². The van der Waals surface area contributed by atoms with Gasteiger partial charge in [-0.05, 0) is 112 Å². The molecule has 0 spiro atoms. The number of carbonyl (C=O) groups is 4. The molecule has 3 saturated heterocycles. The number of amides is 4. The highest BCUT2D eigenvalue weighted by molar-refractivity contribution is 6.09. The molecular formula is C50H67F2N11O5. The number of likely N-dealkylation sites (tertiary alicyclic amines) is 2. The number of hydrogen-bond acceptors (Lipinski definition) is 11. The van der Waals surface area contributed by atoms with Gasteiger partial charge in [-0.25, -0.2) is 13.6 Å². The molecule has 18 heteroatoms. The molecule has 3 fully saturated rings. The minimum Gasteiger partial charge on any atom is -0.393 e. The summed E-state index contributed by atoms with van der Waals surface area (Å²) in [6.45, 7) is 6.85. The Morgan fingerprint density at radius 2 is 1.74 bits per heavy atom. The second-order valence-electron chi connectivity index (χ2n) is 19.2. The molecule has 0 bridgehead atoms. The van der Waals surface area contributed by atoms with Crippen LogP contribution >= 0.6 is 0 Å². The highest BCUT2D eigenvalue weighted by Gasteiger charge is 2.35. The van der Waals surface area contributed by atoms with E-state index in [1.807, 2.05) is 21.9 Å². The van der Waals surface area contributed by atoms with Crippen molar-refractivity contribution in [3.63, 3.8) is 0 Å². The van der Waals surface area contributed by atoms with Gasteiger partial charge in [0, 0.05) is 126 Å². The number of imidazole rings is 1. The van der Waals surface area contributed by atoms with E-state index in [1.54, 1.807) is 42.8 Å². The maximum absolute atomic E-state index is 14.6. The third-order valence-corrected chi connectivity index (χ3v) is 15.0. The monoisotopic (exact) mass is 940 g/mol. The van der Waals surface area contributed by atoms with E-state index in [4.69, 9.17) is 11.1 Å². The maximum atomic E-state index is 14.6. The summed E-state index contributed by atoms with van der Waals surface area (Å²) >= 11 is 0. The molecular weight excluding hydrogens is 873 g/mol. The highest BCUT2D eigenvalue weighted by atomic mass is 19.3. The number of rotatable bonds is 15. The molecule has 0 saturated carbocycles. The number of nitrogens with two attached hydrogens (primary N) is 1. The van der Waals surface area contributed by atoms with E-state index in [2.05, 4.69) is 26.9 Å². The summed E-state index contributed by atoms with van der Waals surface area (Å²) < 4.78 is 32.3. The number of aromatic nitrogens is 2. The van der Waals surface area contributed by atoms with Crippen molar-refractivity contribution in [1.29, 1.82) is 5.41 Å². The van der Waals surface area contributed by atoms with Gasteiger partial charge in [-0.15, -0.1) is 0 Å². The SMILES string of the molecule is CN/C=C(\C=N)c1cc2c(cc1C(F)F)N(C(N)C1=C(NC3CCN(C(=O)CCN4CCC(CCc5cccc6c5n(C)c(=O)n6C5CCC(=O)NC5=O)CC4)CC3)CCN(C(C)=O)C1)CCC2. The van der Waals surface area contributed by atoms with Crippen LogP contribution < -0.4 is 32.3 Å². The Morgan fingerprint density at radius 3 is 2.43 bits per heavy atom. The smallest absolute Gasteiger partial charge is 0.329 e. The van der Waals surface area contributed by atoms with Gasteiger partial charge in [0.05, 0.1) is 11.0 Å². The first kappa shape index (κ1) is 48.6. The Balaban J connectivity index is 0.834. The van der Waals surface area contributed by atoms with Crippen LogP contribution in [0.25, 0.3) is 16.6 Å². The van der Waals surface area contributed by atoms with E-state index in [-0.39, 0.29) is 41.4 Å². The molecule has 68 heavy (non-hydrogen) atoms. The molecule has 16 nitrogen and oxygen atoms in total. The van der Waals surface area contributed by atoms with Crippen LogP contribution in [0.4, 0.5) is 14.5 Å². The van der Waals surface area contributed by atoms with Gasteiger partial charge in [-0.2, -0.15) is 0 Å². The zero-order valence-electron chi connectivity index (χ0n) is 39.6. The van der Waals surface area contributed by atoms with Gasteiger partial charge >= 0.3 is 5.69 Å². The number of fused-ring (bicyclic) bond motifs is 2. The van der Waals surface area contributed by atoms with Gasteiger partial charge in [0.25, 0.3) is 6.43 Å². The second-order valence-corrected chi connectivity index (χ2v) is 19.2. The van der Waals surface area contributed by atoms with Gasteiger partial charge in [0.2, 0.25) is 23.6 Å². The summed E-state index contributed by atoms with van der Waals surface area (Å²) in [5.74, 6) is -0.116. The zero-order chi connectivity index (χ0) is 48.2. The predicted molar refractivity (Wildman–Crippen MR) is 258 cm³/mol. The Morgan fingerprint density at radius 1 is 0.971 bits per heavy atom. The normalized spacial score (nSPS) is 20.8. The van der Waals surface area contributed by atoms with Crippen molar-refractivity contribution in [2.45, 2.75) is 109 Å². The lowest BCUT2D eigenvalue weighted by Crippen LogP contribution is -2.53. The standard InChI is InChI=1S/C50H67F2N11O5/c1-31(64)61-25-17-40(39(30-61)48(54)62-19-5-7-34-26-37(35(28-53)29-55-2)38(47(51)52)27-43(34)62)56-36-15-23-60(24-16-36)45(66)18-22-59-20-13-32(14-21-59)9-10-33-6-4-8-41-46(33)58(3)50(68)63(41)42-11-12-44(65)57-49(42)67/h4,6,8,26-29,32,36,42,47-48,53,55-56H,5,7,9-25,30,54H2,1-3H3,(H,57,65,67)/b35-29+,53-28?. The van der Waals surface area contributed by atoms with E-state index < -0.39 is 24.5 Å². The maximum Gasteiger partial charge on any atom is 0.329 e. The summed E-state index contributed by atoms with van der Waals surface area (Å²) in [5, 5.41) is 16.9. The molecule has 8 rings (SSSR count). The van der Waals surface area contributed by atoms with E-state index in [0.717, 1.165) is 98.7 Å². The molecule has 3 aromatic rings. The summed E-state index contributed by atoms with van der Waals surface area (Å²) in [6.07, 6.45) is 7.64. The molecule has 366 valence electrons. The number of nitrogens with one attached hydrogen (secondary N) is 4. The van der Waals surface area contributed by atoms with Gasteiger partial charge in [0.1, 0.15) is 12.2 Å². The van der Waals surface area contributed by atoms with Crippen LogP contribution in [0.3, 0.4) is 0 Å². The van der Waals surface area contributed by atoms with Crippen molar-refractivity contribution >= 4 is 52.1 Å². The van der Waals surface area contributed by atoms with Crippen LogP contribution in [0.5, 0.6) is 0 Å². The molecule has 5 aliphatic rings. The average molecular weight is 940 g/mol. The second kappa shape index (κ2) is 21.2. The van der Waals surface area contributed by atoms with Crippen molar-refractivity contribution < 1.29 is 28.0 Å². The van der Waals surface area contributed by atoms with Crippen LogP contribution in [-0.4, -0.2) is 125 Å². The fraction of sp³-hybridized carbons (Fsp3) is 0.560. The van der Waals surface area contributed by atoms with Crippen molar-refractivity contribution in [2.24, 2.45) is 18.7 Å². The van der Waals surface area contributed by atoms with Crippen LogP contribution in [0.15, 0.2) is 52.6 Å². The van der Waals surface area contributed by atoms with Crippen molar-refractivity contribution in [1.82, 2.24) is 39.8 Å². The number of hydrogen-bond donors (Lipinski definition) is 5. The molecule has 2 aromatic carbocycles. The number of nitrogens with zero attached hydrogens (tertiary/aromatic N) is 6. The number of piperidine rings is 3. The summed E-state index contributed by atoms with van der Waals surface area (Å²) in [6, 6.07) is 8.57. The lowest BCUT2D eigenvalue weighted by atomic mass is 9.90. The van der Waals surface area contributed by atoms with Crippen molar-refractivity contribution in [3.05, 3.63) is 80.5 Å². The Hall–Kier alpha value is -5.88. The number of alkyl halides is 2. The molecule has 2 atom stereocenters. The number of allylic oxidation sites excluding steroid dienone is 1. The van der Waals surface area contributed by atoms with Gasteiger partial charge in [-0.3, -0.25) is 33.6 Å². The fourth-order valence-electron chi connectivity index (χ4n) is 11.2. The third kappa shape index (κ3) is 10.3. The number of carbonyl (C=O) groups excluding carboxylic acids is 4. The largest absolute Gasteiger partial charge is 0.393 e. The molecule has 6 heterocycles. The molecule has 6 N–H and O–H groups in total. The van der Waals surface area contributed by atoms with Crippen LogP contribution in [0.1, 0.15) is 106 Å². The number of anilines is 1. The van der Waals surface area contributed by atoms with Crippen molar-refractivity contribution in [2.75, 3.05) is 64.3 Å². The van der Waals surface area contributed by atoms with Crippen LogP contribution in [0.2, 0.25) is 0 Å². The summed E-state index contributed by atoms with van der Waals surface area (Å²) in [7, 11) is 3.41. The molecule has 0 aliphatic carbocycles. The molecule has 4 amide bonds. The number of para-hydroxylation sites is 1. The lowest BCUT2D eigenvalue weighted by molar-refractivity contribution is -0.136. The summed E-state index contributed by atoms with van der Waals surface area (Å²) in [5.41, 5.74) is 13.4. The Kier molecular flexibility index (Phi) is 15.1. The van der Waals surface area contributed by atoms with Gasteiger partial charge < -0.3 is 41.4 Å². The number of benzene rings is 2. The van der Waals surface area contributed by atoms with E-state index >= 15 is 0 Å². The quantitative estimate of drug-likeness (QED) is 0.108. The molecule has 0 radical (unpaired) electrons. The molecule has 5 aliphatic heterocycles. The predicted octanol–water partition coefficient (Wildman–Crippen LogP) is 4.32. The Labute approximate surface area is 396 Å². The van der Waals surface area contributed by atoms with E-state index in [1.165, 1.54) is 10.6 Å². The first-order valence-electron chi connectivity index (χ1n) is 24.4. The average Bonchev–Trinajstić information content (AvgIpc) is 3.59. The molecule has 1 aromatic heterocycles. The topological polar surface area (TPSA) is 194 Å². The van der Waals surface area contributed by atoms with E-state index in [9.17, 15) is 32.8 Å². The van der Waals surface area contributed by atoms with Gasteiger partial charge in [0.15, 0.2) is 0 Å².